The van der Waals surface area contributed by atoms with Gasteiger partial charge in [-0.1, -0.05) is 0 Å². The van der Waals surface area contributed by atoms with Crippen LogP contribution in [0.5, 0.6) is 0 Å². The molecule has 0 unspecified atom stereocenters. The predicted octanol–water partition coefficient (Wildman–Crippen LogP) is 2.27. The summed E-state index contributed by atoms with van der Waals surface area (Å²) in [5, 5.41) is 13.3. The highest BCUT2D eigenvalue weighted by Gasteiger charge is 2.07. The minimum Gasteiger partial charge on any atom is -0.339 e. The molecule has 0 aromatic carbocycles. The molecule has 0 atom stereocenters. The zero-order chi connectivity index (χ0) is 12.3. The highest BCUT2D eigenvalue weighted by molar-refractivity contribution is 5.57. The molecule has 0 aliphatic rings. The number of nitrogens with one attached hydrogen (secondary N) is 1. The summed E-state index contributed by atoms with van der Waals surface area (Å²) in [7, 11) is 0. The van der Waals surface area contributed by atoms with Crippen molar-refractivity contribution >= 4 is 17.2 Å². The van der Waals surface area contributed by atoms with Crippen LogP contribution in [0.25, 0.3) is 0 Å². The third-order valence-electron chi connectivity index (χ3n) is 1.93. The van der Waals surface area contributed by atoms with Gasteiger partial charge in [0.2, 0.25) is 0 Å². The fourth-order valence-electron chi connectivity index (χ4n) is 1.23. The number of halogens is 1. The molecule has 17 heavy (non-hydrogen) atoms. The van der Waals surface area contributed by atoms with Gasteiger partial charge in [0.25, 0.3) is 5.69 Å². The number of anilines is 2. The number of aromatic nitrogens is 2. The summed E-state index contributed by atoms with van der Waals surface area (Å²) in [6.07, 6.45) is 3.75. The van der Waals surface area contributed by atoms with E-state index in [0.717, 1.165) is 6.20 Å². The Morgan fingerprint density at radius 1 is 1.35 bits per heavy atom. The number of hydrogen-bond donors (Lipinski definition) is 1. The number of rotatable bonds is 3. The lowest BCUT2D eigenvalue weighted by atomic mass is 10.3. The van der Waals surface area contributed by atoms with Gasteiger partial charge in [-0.2, -0.15) is 0 Å². The van der Waals surface area contributed by atoms with Crippen molar-refractivity contribution in [2.75, 3.05) is 5.32 Å². The average molecular weight is 234 g/mol. The first-order valence-corrected chi connectivity index (χ1v) is 4.63. The quantitative estimate of drug-likeness (QED) is 0.650. The predicted molar refractivity (Wildman–Crippen MR) is 58.4 cm³/mol. The third kappa shape index (κ3) is 2.71. The van der Waals surface area contributed by atoms with E-state index in [1.54, 1.807) is 0 Å². The van der Waals surface area contributed by atoms with Gasteiger partial charge in [0.15, 0.2) is 0 Å². The van der Waals surface area contributed by atoms with Crippen LogP contribution >= 0.6 is 0 Å². The lowest BCUT2D eigenvalue weighted by Gasteiger charge is -2.04. The molecule has 0 spiro atoms. The van der Waals surface area contributed by atoms with Crippen molar-refractivity contribution in [1.82, 2.24) is 9.97 Å². The molecule has 2 heterocycles. The Kier molecular flexibility index (Phi) is 2.91. The summed E-state index contributed by atoms with van der Waals surface area (Å²) < 4.78 is 12.8. The molecular weight excluding hydrogens is 227 g/mol. The van der Waals surface area contributed by atoms with Crippen LogP contribution in [-0.4, -0.2) is 14.9 Å². The molecular formula is C10H7FN4O2. The summed E-state index contributed by atoms with van der Waals surface area (Å²) in [6, 6.07) is 3.74. The Hall–Kier alpha value is -2.57. The van der Waals surface area contributed by atoms with E-state index in [9.17, 15) is 14.5 Å². The molecule has 7 heteroatoms. The number of nitro groups is 1. The van der Waals surface area contributed by atoms with E-state index >= 15 is 0 Å². The highest BCUT2D eigenvalue weighted by atomic mass is 19.1. The van der Waals surface area contributed by atoms with Crippen molar-refractivity contribution in [2.45, 2.75) is 0 Å². The Morgan fingerprint density at radius 2 is 2.18 bits per heavy atom. The van der Waals surface area contributed by atoms with E-state index in [4.69, 9.17) is 0 Å². The molecule has 0 aliphatic carbocycles. The maximum absolute atomic E-state index is 12.8. The summed E-state index contributed by atoms with van der Waals surface area (Å²) in [5.74, 6) is -0.243. The number of hydrogen-bond acceptors (Lipinski definition) is 5. The van der Waals surface area contributed by atoms with Gasteiger partial charge in [-0.3, -0.25) is 15.1 Å². The Bertz CT molecular complexity index is 562. The van der Waals surface area contributed by atoms with Gasteiger partial charge in [-0.25, -0.2) is 9.37 Å². The van der Waals surface area contributed by atoms with Crippen LogP contribution < -0.4 is 5.32 Å². The molecule has 0 saturated carbocycles. The van der Waals surface area contributed by atoms with Crippen molar-refractivity contribution in [3.05, 3.63) is 52.7 Å². The van der Waals surface area contributed by atoms with E-state index in [1.807, 2.05) is 0 Å². The van der Waals surface area contributed by atoms with Gasteiger partial charge in [0.1, 0.15) is 11.6 Å². The highest BCUT2D eigenvalue weighted by Crippen LogP contribution is 2.18. The van der Waals surface area contributed by atoms with Crippen molar-refractivity contribution in [2.24, 2.45) is 0 Å². The largest absolute Gasteiger partial charge is 0.339 e. The summed E-state index contributed by atoms with van der Waals surface area (Å²) in [4.78, 5) is 17.5. The molecule has 0 radical (unpaired) electrons. The molecule has 0 saturated heterocycles. The van der Waals surface area contributed by atoms with Crippen molar-refractivity contribution in [3.63, 3.8) is 0 Å². The molecule has 2 aromatic rings. The number of nitrogens with zero attached hydrogens (tertiary/aromatic N) is 3. The van der Waals surface area contributed by atoms with Gasteiger partial charge in [0.05, 0.1) is 29.1 Å². The molecule has 2 rings (SSSR count). The Morgan fingerprint density at radius 3 is 2.88 bits per heavy atom. The van der Waals surface area contributed by atoms with Gasteiger partial charge in [-0.15, -0.1) is 0 Å². The normalized spacial score (nSPS) is 9.94. The second kappa shape index (κ2) is 4.52. The van der Waals surface area contributed by atoms with Crippen LogP contribution in [0.4, 0.5) is 21.6 Å². The van der Waals surface area contributed by atoms with Gasteiger partial charge in [-0.05, 0) is 0 Å². The van der Waals surface area contributed by atoms with Crippen LogP contribution in [0.1, 0.15) is 0 Å². The molecule has 86 valence electrons. The maximum atomic E-state index is 12.8. The standard InChI is InChI=1S/C10H7FN4O2/c11-7-3-8(6-12-5-7)14-10-4-9(15(16)17)1-2-13-10/h1-6H,(H,13,14). The third-order valence-corrected chi connectivity index (χ3v) is 1.93. The minimum atomic E-state index is -0.531. The zero-order valence-corrected chi connectivity index (χ0v) is 8.50. The van der Waals surface area contributed by atoms with Crippen molar-refractivity contribution < 1.29 is 9.31 Å². The second-order valence-electron chi connectivity index (χ2n) is 3.17. The second-order valence-corrected chi connectivity index (χ2v) is 3.17. The maximum Gasteiger partial charge on any atom is 0.274 e. The van der Waals surface area contributed by atoms with Gasteiger partial charge >= 0.3 is 0 Å². The first-order valence-electron chi connectivity index (χ1n) is 4.63. The molecule has 1 N–H and O–H groups in total. The smallest absolute Gasteiger partial charge is 0.274 e. The summed E-state index contributed by atoms with van der Waals surface area (Å²) in [6.45, 7) is 0. The van der Waals surface area contributed by atoms with Gasteiger partial charge in [0, 0.05) is 18.3 Å². The van der Waals surface area contributed by atoms with Gasteiger partial charge < -0.3 is 5.32 Å². The van der Waals surface area contributed by atoms with E-state index in [1.165, 1.54) is 30.6 Å². The van der Waals surface area contributed by atoms with Crippen LogP contribution in [-0.2, 0) is 0 Å². The summed E-state index contributed by atoms with van der Waals surface area (Å²) >= 11 is 0. The lowest BCUT2D eigenvalue weighted by molar-refractivity contribution is -0.384. The van der Waals surface area contributed by atoms with Crippen LogP contribution in [0.15, 0.2) is 36.8 Å². The molecule has 0 bridgehead atoms. The zero-order valence-electron chi connectivity index (χ0n) is 8.50. The molecule has 0 amide bonds. The minimum absolute atomic E-state index is 0.0909. The van der Waals surface area contributed by atoms with E-state index < -0.39 is 10.7 Å². The number of pyridine rings is 2. The average Bonchev–Trinajstić information content (AvgIpc) is 2.29. The summed E-state index contributed by atoms with van der Waals surface area (Å²) in [5.41, 5.74) is 0.282. The Labute approximate surface area is 95.3 Å². The fraction of sp³-hybridized carbons (Fsp3) is 0. The van der Waals surface area contributed by atoms with E-state index in [-0.39, 0.29) is 11.5 Å². The Balaban J connectivity index is 2.24. The van der Waals surface area contributed by atoms with E-state index in [0.29, 0.717) is 5.69 Å². The monoisotopic (exact) mass is 234 g/mol. The molecule has 6 nitrogen and oxygen atoms in total. The van der Waals surface area contributed by atoms with Crippen molar-refractivity contribution in [1.29, 1.82) is 0 Å². The van der Waals surface area contributed by atoms with E-state index in [2.05, 4.69) is 15.3 Å². The molecule has 2 aromatic heterocycles. The van der Waals surface area contributed by atoms with Crippen LogP contribution in [0, 0.1) is 15.9 Å². The van der Waals surface area contributed by atoms with Crippen molar-refractivity contribution in [3.8, 4) is 0 Å². The van der Waals surface area contributed by atoms with Crippen LogP contribution in [0.2, 0.25) is 0 Å². The first-order chi connectivity index (χ1) is 8.15. The lowest BCUT2D eigenvalue weighted by Crippen LogP contribution is -1.96. The molecule has 0 aliphatic heterocycles. The topological polar surface area (TPSA) is 81.0 Å². The fourth-order valence-corrected chi connectivity index (χ4v) is 1.23. The molecule has 0 fully saturated rings. The van der Waals surface area contributed by atoms with Crippen LogP contribution in [0.3, 0.4) is 0 Å². The first kappa shape index (κ1) is 10.9. The SMILES string of the molecule is O=[N+]([O-])c1ccnc(Nc2cncc(F)c2)c1.